The number of rotatable bonds is 7. The van der Waals surface area contributed by atoms with Gasteiger partial charge in [-0.2, -0.15) is 0 Å². The molecular weight excluding hydrogens is 178 g/mol. The number of nitrogens with one attached hydrogen (secondary N) is 1. The Hall–Kier alpha value is -1.22. The molecule has 0 fully saturated rings. The Bertz CT molecular complexity index is 244. The molecule has 0 saturated carbocycles. The molecule has 0 saturated heterocycles. The Kier molecular flexibility index (Phi) is 4.86. The lowest BCUT2D eigenvalue weighted by molar-refractivity contribution is 0.243. The quantitative estimate of drug-likeness (QED) is 0.536. The highest BCUT2D eigenvalue weighted by molar-refractivity contribution is 5.09. The van der Waals surface area contributed by atoms with Gasteiger partial charge in [-0.15, -0.1) is 0 Å². The average Bonchev–Trinajstić information content (AvgIpc) is 2.70. The van der Waals surface area contributed by atoms with E-state index in [4.69, 9.17) is 9.15 Å². The fourth-order valence-corrected chi connectivity index (χ4v) is 1.20. The molecule has 1 heterocycles. The second-order valence-corrected chi connectivity index (χ2v) is 3.12. The third-order valence-electron chi connectivity index (χ3n) is 2.05. The Balaban J connectivity index is 2.10. The van der Waals surface area contributed by atoms with Crippen LogP contribution in [0, 0.1) is 0 Å². The highest BCUT2D eigenvalue weighted by Crippen LogP contribution is 2.11. The van der Waals surface area contributed by atoms with E-state index in [1.807, 2.05) is 6.07 Å². The van der Waals surface area contributed by atoms with Crippen molar-refractivity contribution < 1.29 is 9.15 Å². The maximum atomic E-state index is 5.01. The third kappa shape index (κ3) is 3.66. The third-order valence-corrected chi connectivity index (χ3v) is 2.05. The van der Waals surface area contributed by atoms with E-state index in [-0.39, 0.29) is 0 Å². The number of furan rings is 1. The highest BCUT2D eigenvalue weighted by Gasteiger charge is 2.04. The fourth-order valence-electron chi connectivity index (χ4n) is 1.20. The molecule has 78 valence electrons. The minimum atomic E-state index is 0.331. The molecule has 1 rings (SSSR count). The Morgan fingerprint density at radius 3 is 3.21 bits per heavy atom. The first-order chi connectivity index (χ1) is 6.84. The maximum Gasteiger partial charge on any atom is 0.0950 e. The summed E-state index contributed by atoms with van der Waals surface area (Å²) in [4.78, 5) is 0. The Morgan fingerprint density at radius 2 is 2.57 bits per heavy atom. The molecule has 0 amide bonds. The standard InChI is InChI=1S/C11H17NO2/c1-3-13-7-4-6-12-10(2)11-5-8-14-9-11/h3,5,8-10,12H,1,4,6-7H2,2H3. The lowest BCUT2D eigenvalue weighted by Crippen LogP contribution is -2.20. The van der Waals surface area contributed by atoms with Crippen molar-refractivity contribution in [2.24, 2.45) is 0 Å². The van der Waals surface area contributed by atoms with E-state index in [1.165, 1.54) is 11.8 Å². The van der Waals surface area contributed by atoms with Crippen LogP contribution in [0.3, 0.4) is 0 Å². The summed E-state index contributed by atoms with van der Waals surface area (Å²) < 4.78 is 10.0. The van der Waals surface area contributed by atoms with Gasteiger partial charge < -0.3 is 14.5 Å². The van der Waals surface area contributed by atoms with Gasteiger partial charge in [-0.1, -0.05) is 6.58 Å². The zero-order valence-corrected chi connectivity index (χ0v) is 8.53. The number of hydrogen-bond acceptors (Lipinski definition) is 3. The highest BCUT2D eigenvalue weighted by atomic mass is 16.5. The van der Waals surface area contributed by atoms with Gasteiger partial charge in [-0.25, -0.2) is 0 Å². The van der Waals surface area contributed by atoms with Gasteiger partial charge in [0.1, 0.15) is 0 Å². The van der Waals surface area contributed by atoms with Crippen LogP contribution in [0.5, 0.6) is 0 Å². The zero-order valence-electron chi connectivity index (χ0n) is 8.53. The second-order valence-electron chi connectivity index (χ2n) is 3.12. The van der Waals surface area contributed by atoms with Gasteiger partial charge in [-0.05, 0) is 26.0 Å². The van der Waals surface area contributed by atoms with Gasteiger partial charge in [0.25, 0.3) is 0 Å². The first-order valence-corrected chi connectivity index (χ1v) is 4.82. The summed E-state index contributed by atoms with van der Waals surface area (Å²) in [7, 11) is 0. The summed E-state index contributed by atoms with van der Waals surface area (Å²) in [5.41, 5.74) is 1.18. The van der Waals surface area contributed by atoms with Crippen molar-refractivity contribution in [3.63, 3.8) is 0 Å². The van der Waals surface area contributed by atoms with E-state index in [2.05, 4.69) is 18.8 Å². The van der Waals surface area contributed by atoms with Crippen LogP contribution in [-0.4, -0.2) is 13.2 Å². The van der Waals surface area contributed by atoms with Crippen LogP contribution in [0.4, 0.5) is 0 Å². The lowest BCUT2D eigenvalue weighted by atomic mass is 10.2. The van der Waals surface area contributed by atoms with Crippen molar-refractivity contribution in [3.05, 3.63) is 37.0 Å². The molecule has 0 aliphatic heterocycles. The van der Waals surface area contributed by atoms with Crippen LogP contribution in [0.25, 0.3) is 0 Å². The van der Waals surface area contributed by atoms with E-state index in [1.54, 1.807) is 12.5 Å². The van der Waals surface area contributed by atoms with Gasteiger partial charge in [0.2, 0.25) is 0 Å². The molecule has 3 nitrogen and oxygen atoms in total. The molecule has 0 aromatic carbocycles. The Labute approximate surface area is 84.8 Å². The summed E-state index contributed by atoms with van der Waals surface area (Å²) >= 11 is 0. The summed E-state index contributed by atoms with van der Waals surface area (Å²) in [6.07, 6.45) is 5.90. The zero-order chi connectivity index (χ0) is 10.2. The predicted octanol–water partition coefficient (Wildman–Crippen LogP) is 2.48. The molecule has 1 aromatic heterocycles. The molecule has 1 N–H and O–H groups in total. The molecule has 0 radical (unpaired) electrons. The van der Waals surface area contributed by atoms with Gasteiger partial charge in [0.05, 0.1) is 25.4 Å². The first kappa shape index (κ1) is 10.9. The molecule has 0 aliphatic rings. The van der Waals surface area contributed by atoms with E-state index in [0.29, 0.717) is 12.6 Å². The molecule has 0 aliphatic carbocycles. The fraction of sp³-hybridized carbons (Fsp3) is 0.455. The number of ether oxygens (including phenoxy) is 1. The van der Waals surface area contributed by atoms with Crippen molar-refractivity contribution in [2.75, 3.05) is 13.2 Å². The van der Waals surface area contributed by atoms with Gasteiger partial charge in [0, 0.05) is 11.6 Å². The summed E-state index contributed by atoms with van der Waals surface area (Å²) in [6.45, 7) is 7.24. The van der Waals surface area contributed by atoms with Gasteiger partial charge in [-0.3, -0.25) is 0 Å². The van der Waals surface area contributed by atoms with E-state index in [9.17, 15) is 0 Å². The van der Waals surface area contributed by atoms with Crippen LogP contribution in [0.15, 0.2) is 35.9 Å². The first-order valence-electron chi connectivity index (χ1n) is 4.82. The largest absolute Gasteiger partial charge is 0.502 e. The van der Waals surface area contributed by atoms with E-state index < -0.39 is 0 Å². The predicted molar refractivity (Wildman–Crippen MR) is 55.9 cm³/mol. The van der Waals surface area contributed by atoms with E-state index in [0.717, 1.165) is 13.0 Å². The smallest absolute Gasteiger partial charge is 0.0950 e. The molecule has 14 heavy (non-hydrogen) atoms. The SMILES string of the molecule is C=COCCCNC(C)c1ccoc1. The second kappa shape index (κ2) is 6.27. The van der Waals surface area contributed by atoms with Crippen LogP contribution < -0.4 is 5.32 Å². The average molecular weight is 195 g/mol. The van der Waals surface area contributed by atoms with Crippen LogP contribution in [-0.2, 0) is 4.74 Å². The van der Waals surface area contributed by atoms with Gasteiger partial charge in [0.15, 0.2) is 0 Å². The molecule has 1 atom stereocenters. The minimum absolute atomic E-state index is 0.331. The van der Waals surface area contributed by atoms with E-state index >= 15 is 0 Å². The normalized spacial score (nSPS) is 12.4. The van der Waals surface area contributed by atoms with Gasteiger partial charge >= 0.3 is 0 Å². The topological polar surface area (TPSA) is 34.4 Å². The lowest BCUT2D eigenvalue weighted by Gasteiger charge is -2.11. The molecule has 1 aromatic rings. The maximum absolute atomic E-state index is 5.01. The molecule has 0 spiro atoms. The summed E-state index contributed by atoms with van der Waals surface area (Å²) in [6, 6.07) is 2.30. The van der Waals surface area contributed by atoms with Crippen molar-refractivity contribution >= 4 is 0 Å². The van der Waals surface area contributed by atoms with Crippen molar-refractivity contribution in [2.45, 2.75) is 19.4 Å². The molecular formula is C11H17NO2. The minimum Gasteiger partial charge on any atom is -0.502 e. The van der Waals surface area contributed by atoms with Crippen LogP contribution in [0.2, 0.25) is 0 Å². The monoisotopic (exact) mass is 195 g/mol. The van der Waals surface area contributed by atoms with Crippen LogP contribution in [0.1, 0.15) is 24.9 Å². The van der Waals surface area contributed by atoms with Crippen LogP contribution >= 0.6 is 0 Å². The molecule has 1 unspecified atom stereocenters. The number of hydrogen-bond donors (Lipinski definition) is 1. The molecule has 0 bridgehead atoms. The summed E-state index contributed by atoms with van der Waals surface area (Å²) in [5.74, 6) is 0. The summed E-state index contributed by atoms with van der Waals surface area (Å²) in [5, 5.41) is 3.37. The Morgan fingerprint density at radius 1 is 1.71 bits per heavy atom. The van der Waals surface area contributed by atoms with Crippen molar-refractivity contribution in [3.8, 4) is 0 Å². The molecule has 3 heteroatoms. The van der Waals surface area contributed by atoms with Crippen molar-refractivity contribution in [1.82, 2.24) is 5.32 Å². The van der Waals surface area contributed by atoms with Crippen molar-refractivity contribution in [1.29, 1.82) is 0 Å².